The minimum absolute atomic E-state index is 0.107. The molecule has 0 bridgehead atoms. The molecule has 0 atom stereocenters. The molecule has 6 heteroatoms. The lowest BCUT2D eigenvalue weighted by Gasteiger charge is -2.02. The van der Waals surface area contributed by atoms with Crippen LogP contribution in [-0.2, 0) is 6.54 Å². The van der Waals surface area contributed by atoms with Crippen molar-refractivity contribution in [2.45, 2.75) is 6.54 Å². The molecular formula is C19H14N2O2S2. The van der Waals surface area contributed by atoms with Gasteiger partial charge in [-0.3, -0.25) is 9.56 Å². The van der Waals surface area contributed by atoms with E-state index in [0.29, 0.717) is 15.4 Å². The zero-order valence-electron chi connectivity index (χ0n) is 13.1. The van der Waals surface area contributed by atoms with Gasteiger partial charge >= 0.3 is 0 Å². The lowest BCUT2D eigenvalue weighted by molar-refractivity contribution is 0.407. The summed E-state index contributed by atoms with van der Waals surface area (Å²) in [5.74, 6) is 0.845. The van der Waals surface area contributed by atoms with Gasteiger partial charge in [0.1, 0.15) is 10.6 Å². The van der Waals surface area contributed by atoms with Crippen LogP contribution in [0.4, 0.5) is 5.69 Å². The van der Waals surface area contributed by atoms with Gasteiger partial charge in [0.05, 0.1) is 24.7 Å². The molecule has 0 aliphatic carbocycles. The van der Waals surface area contributed by atoms with Crippen molar-refractivity contribution in [1.82, 2.24) is 4.57 Å². The van der Waals surface area contributed by atoms with Gasteiger partial charge in [-0.15, -0.1) is 0 Å². The highest BCUT2D eigenvalue weighted by atomic mass is 32.1. The number of rotatable bonds is 4. The third-order valence-corrected chi connectivity index (χ3v) is 5.25. The average Bonchev–Trinajstić information content (AvgIpc) is 3.24. The molecular weight excluding hydrogens is 352 g/mol. The first-order valence-electron chi connectivity index (χ1n) is 7.69. The van der Waals surface area contributed by atoms with Crippen LogP contribution >= 0.6 is 23.6 Å². The maximum absolute atomic E-state index is 10.5. The minimum atomic E-state index is 0.107. The van der Waals surface area contributed by atoms with Gasteiger partial charge in [-0.2, -0.15) is 0 Å². The van der Waals surface area contributed by atoms with Gasteiger partial charge in [-0.05, 0) is 35.8 Å². The Morgan fingerprint density at radius 2 is 1.96 bits per heavy atom. The second-order valence-electron chi connectivity index (χ2n) is 5.48. The number of aromatic nitrogens is 1. The fourth-order valence-electron chi connectivity index (χ4n) is 2.65. The van der Waals surface area contributed by atoms with Crippen LogP contribution in [0.3, 0.4) is 0 Å². The highest BCUT2D eigenvalue weighted by Crippen LogP contribution is 2.29. The molecule has 0 aliphatic heterocycles. The number of hydrogen-bond donors (Lipinski definition) is 1. The summed E-state index contributed by atoms with van der Waals surface area (Å²) in [5.41, 5.74) is 0.856. The van der Waals surface area contributed by atoms with Crippen LogP contribution in [0.2, 0.25) is 0 Å². The summed E-state index contributed by atoms with van der Waals surface area (Å²) in [5, 5.41) is 12.7. The number of aromatic hydroxyl groups is 1. The summed E-state index contributed by atoms with van der Waals surface area (Å²) in [4.78, 5) is 5.19. The fourth-order valence-corrected chi connectivity index (χ4v) is 3.82. The summed E-state index contributed by atoms with van der Waals surface area (Å²) in [7, 11) is 0. The Morgan fingerprint density at radius 1 is 1.12 bits per heavy atom. The molecule has 124 valence electrons. The van der Waals surface area contributed by atoms with Crippen molar-refractivity contribution in [3.63, 3.8) is 0 Å². The molecule has 2 heterocycles. The van der Waals surface area contributed by atoms with Crippen molar-refractivity contribution in [1.29, 1.82) is 0 Å². The van der Waals surface area contributed by atoms with Crippen LogP contribution in [0.1, 0.15) is 10.6 Å². The van der Waals surface area contributed by atoms with Gasteiger partial charge < -0.3 is 9.52 Å². The Morgan fingerprint density at radius 3 is 2.80 bits per heavy atom. The van der Waals surface area contributed by atoms with E-state index in [1.165, 1.54) is 11.3 Å². The van der Waals surface area contributed by atoms with E-state index in [2.05, 4.69) is 17.1 Å². The van der Waals surface area contributed by atoms with E-state index < -0.39 is 0 Å². The van der Waals surface area contributed by atoms with E-state index in [4.69, 9.17) is 16.6 Å². The highest BCUT2D eigenvalue weighted by molar-refractivity contribution is 7.73. The van der Waals surface area contributed by atoms with Crippen molar-refractivity contribution >= 4 is 46.2 Å². The number of thiazole rings is 1. The smallest absolute Gasteiger partial charge is 0.212 e. The molecule has 2 aromatic carbocycles. The SMILES string of the molecule is Oc1c(C=Nc2cccc3ccccc23)sc(=S)n1Cc1ccco1. The molecule has 0 amide bonds. The van der Waals surface area contributed by atoms with Crippen LogP contribution < -0.4 is 0 Å². The van der Waals surface area contributed by atoms with Crippen molar-refractivity contribution in [3.8, 4) is 5.88 Å². The molecule has 0 spiro atoms. The van der Waals surface area contributed by atoms with Crippen molar-refractivity contribution in [2.24, 2.45) is 4.99 Å². The largest absolute Gasteiger partial charge is 0.493 e. The molecule has 4 nitrogen and oxygen atoms in total. The average molecular weight is 366 g/mol. The first-order valence-corrected chi connectivity index (χ1v) is 8.91. The number of aliphatic imine (C=N–C) groups is 1. The predicted molar refractivity (Wildman–Crippen MR) is 104 cm³/mol. The van der Waals surface area contributed by atoms with Gasteiger partial charge in [0, 0.05) is 5.39 Å². The van der Waals surface area contributed by atoms with E-state index in [-0.39, 0.29) is 5.88 Å². The molecule has 0 saturated carbocycles. The standard InChI is InChI=1S/C19H14N2O2S2/c22-18-17(25-19(24)21(18)12-14-7-4-10-23-14)11-20-16-9-3-6-13-5-1-2-8-15(13)16/h1-11,22H,12H2. The lowest BCUT2D eigenvalue weighted by Crippen LogP contribution is -1.97. The molecule has 1 N–H and O–H groups in total. The molecule has 2 aromatic heterocycles. The second kappa shape index (κ2) is 6.66. The fraction of sp³-hybridized carbons (Fsp3) is 0.0526. The van der Waals surface area contributed by atoms with E-state index in [9.17, 15) is 5.11 Å². The number of benzene rings is 2. The number of furan rings is 1. The van der Waals surface area contributed by atoms with E-state index >= 15 is 0 Å². The summed E-state index contributed by atoms with van der Waals surface area (Å²) >= 11 is 6.68. The minimum Gasteiger partial charge on any atom is -0.493 e. The molecule has 4 rings (SSSR count). The molecule has 4 aromatic rings. The number of fused-ring (bicyclic) bond motifs is 1. The Bertz CT molecular complexity index is 1100. The van der Waals surface area contributed by atoms with Crippen LogP contribution in [-0.4, -0.2) is 15.9 Å². The highest BCUT2D eigenvalue weighted by Gasteiger charge is 2.12. The summed E-state index contributed by atoms with van der Waals surface area (Å²) in [6.07, 6.45) is 3.27. The molecule has 0 aliphatic rings. The predicted octanol–water partition coefficient (Wildman–Crippen LogP) is 5.53. The maximum atomic E-state index is 10.5. The number of nitrogens with zero attached hydrogens (tertiary/aromatic N) is 2. The topological polar surface area (TPSA) is 50.7 Å². The normalized spacial score (nSPS) is 11.5. The molecule has 25 heavy (non-hydrogen) atoms. The lowest BCUT2D eigenvalue weighted by atomic mass is 10.1. The molecule has 0 radical (unpaired) electrons. The monoisotopic (exact) mass is 366 g/mol. The zero-order chi connectivity index (χ0) is 17.2. The quantitative estimate of drug-likeness (QED) is 0.382. The van der Waals surface area contributed by atoms with Crippen molar-refractivity contribution in [3.05, 3.63) is 75.5 Å². The van der Waals surface area contributed by atoms with Crippen molar-refractivity contribution in [2.75, 3.05) is 0 Å². The van der Waals surface area contributed by atoms with E-state index in [1.807, 2.05) is 42.5 Å². The van der Waals surface area contributed by atoms with Gasteiger partial charge in [0.15, 0.2) is 3.95 Å². The maximum Gasteiger partial charge on any atom is 0.212 e. The van der Waals surface area contributed by atoms with E-state index in [1.54, 1.807) is 17.0 Å². The summed E-state index contributed by atoms with van der Waals surface area (Å²) < 4.78 is 7.55. The Balaban J connectivity index is 1.69. The second-order valence-corrected chi connectivity index (χ2v) is 7.15. The third-order valence-electron chi connectivity index (χ3n) is 3.88. The first kappa shape index (κ1) is 15.8. The van der Waals surface area contributed by atoms with Gasteiger partial charge in [0.2, 0.25) is 5.88 Å². The molecule has 0 fully saturated rings. The van der Waals surface area contributed by atoms with Crippen LogP contribution in [0.25, 0.3) is 10.8 Å². The molecule has 0 saturated heterocycles. The summed E-state index contributed by atoms with van der Waals surface area (Å²) in [6, 6.07) is 17.7. The Hall–Kier alpha value is -2.70. The summed E-state index contributed by atoms with van der Waals surface area (Å²) in [6.45, 7) is 0.399. The van der Waals surface area contributed by atoms with Crippen molar-refractivity contribution < 1.29 is 9.52 Å². The Kier molecular flexibility index (Phi) is 4.21. The Labute approximate surface area is 153 Å². The van der Waals surface area contributed by atoms with Crippen LogP contribution in [0.15, 0.2) is 70.3 Å². The molecule has 0 unspecified atom stereocenters. The number of hydrogen-bond acceptors (Lipinski definition) is 5. The third kappa shape index (κ3) is 3.14. The van der Waals surface area contributed by atoms with Crippen LogP contribution in [0.5, 0.6) is 5.88 Å². The zero-order valence-corrected chi connectivity index (χ0v) is 14.8. The van der Waals surface area contributed by atoms with E-state index in [0.717, 1.165) is 22.2 Å². The first-order chi connectivity index (χ1) is 12.2. The van der Waals surface area contributed by atoms with Gasteiger partial charge in [-0.1, -0.05) is 47.7 Å². The van der Waals surface area contributed by atoms with Gasteiger partial charge in [-0.25, -0.2) is 0 Å². The van der Waals surface area contributed by atoms with Gasteiger partial charge in [0.25, 0.3) is 0 Å². The van der Waals surface area contributed by atoms with Crippen LogP contribution in [0, 0.1) is 3.95 Å².